The van der Waals surface area contributed by atoms with Crippen LogP contribution in [-0.4, -0.2) is 35.0 Å². The lowest BCUT2D eigenvalue weighted by atomic mass is 9.94. The third-order valence-corrected chi connectivity index (χ3v) is 5.32. The van der Waals surface area contributed by atoms with E-state index in [1.54, 1.807) is 43.3 Å². The molecule has 1 amide bonds. The van der Waals surface area contributed by atoms with Crippen molar-refractivity contribution in [3.63, 3.8) is 0 Å². The Bertz CT molecular complexity index is 1240. The highest BCUT2D eigenvalue weighted by Crippen LogP contribution is 2.42. The van der Waals surface area contributed by atoms with E-state index in [2.05, 4.69) is 5.16 Å². The molecule has 1 aliphatic rings. The maximum atomic E-state index is 13.0. The summed E-state index contributed by atoms with van der Waals surface area (Å²) < 4.78 is 9.81. The second-order valence-electron chi connectivity index (χ2n) is 7.09. The van der Waals surface area contributed by atoms with Crippen molar-refractivity contribution in [2.24, 2.45) is 0 Å². The van der Waals surface area contributed by atoms with Crippen molar-refractivity contribution in [3.8, 4) is 0 Å². The summed E-state index contributed by atoms with van der Waals surface area (Å²) in [4.78, 5) is 39.0. The van der Waals surface area contributed by atoms with Gasteiger partial charge in [-0.3, -0.25) is 14.5 Å². The normalized spacial score (nSPS) is 17.6. The molecule has 0 unspecified atom stereocenters. The summed E-state index contributed by atoms with van der Waals surface area (Å²) in [6, 6.07) is 12.9. The van der Waals surface area contributed by atoms with Crippen molar-refractivity contribution in [1.82, 2.24) is 5.16 Å². The van der Waals surface area contributed by atoms with Crippen molar-refractivity contribution in [2.75, 3.05) is 12.0 Å². The molecule has 1 fully saturated rings. The number of aliphatic hydroxyl groups excluding tert-OH is 1. The van der Waals surface area contributed by atoms with Gasteiger partial charge in [0.05, 0.1) is 24.3 Å². The highest BCUT2D eigenvalue weighted by molar-refractivity contribution is 6.51. The van der Waals surface area contributed by atoms with Gasteiger partial charge in [0.15, 0.2) is 5.82 Å². The molecule has 162 valence electrons. The number of aromatic nitrogens is 1. The van der Waals surface area contributed by atoms with Crippen LogP contribution in [0.5, 0.6) is 0 Å². The number of benzene rings is 2. The molecule has 2 heterocycles. The third-order valence-electron chi connectivity index (χ3n) is 5.07. The zero-order chi connectivity index (χ0) is 23.0. The molecular formula is C23H17ClN2O6. The monoisotopic (exact) mass is 452 g/mol. The number of carbonyl (C=O) groups is 3. The first-order valence-electron chi connectivity index (χ1n) is 9.50. The summed E-state index contributed by atoms with van der Waals surface area (Å²) in [5, 5.41) is 15.3. The number of nitrogens with zero attached hydrogens (tertiary/aromatic N) is 2. The standard InChI is InChI=1S/C23H17ClN2O6/c1-12-11-17(25-32-12)26-19(13-3-5-15(6-4-13)23(30)31-2)18(21(28)22(26)29)20(27)14-7-9-16(24)10-8-14/h3-11,19,27H,1-2H3/t19-/m1/s1. The van der Waals surface area contributed by atoms with E-state index < -0.39 is 23.7 Å². The highest BCUT2D eigenvalue weighted by atomic mass is 35.5. The molecule has 3 aromatic rings. The van der Waals surface area contributed by atoms with Gasteiger partial charge in [-0.2, -0.15) is 0 Å². The van der Waals surface area contributed by atoms with Crippen molar-refractivity contribution in [2.45, 2.75) is 13.0 Å². The number of hydrogen-bond acceptors (Lipinski definition) is 7. The van der Waals surface area contributed by atoms with Crippen LogP contribution in [0.4, 0.5) is 5.82 Å². The molecule has 0 spiro atoms. The van der Waals surface area contributed by atoms with Crippen molar-refractivity contribution >= 4 is 40.8 Å². The van der Waals surface area contributed by atoms with Gasteiger partial charge in [-0.05, 0) is 48.9 Å². The van der Waals surface area contributed by atoms with Gasteiger partial charge in [0, 0.05) is 16.7 Å². The molecule has 1 saturated heterocycles. The molecule has 1 aromatic heterocycles. The Morgan fingerprint density at radius 1 is 1.09 bits per heavy atom. The average Bonchev–Trinajstić information content (AvgIpc) is 3.34. The van der Waals surface area contributed by atoms with E-state index in [-0.39, 0.29) is 17.2 Å². The van der Waals surface area contributed by atoms with Crippen LogP contribution in [0.25, 0.3) is 5.76 Å². The van der Waals surface area contributed by atoms with Crippen LogP contribution in [0.15, 0.2) is 64.7 Å². The molecule has 8 nitrogen and oxygen atoms in total. The molecule has 1 atom stereocenters. The number of hydrogen-bond donors (Lipinski definition) is 1. The fraction of sp³-hybridized carbons (Fsp3) is 0.130. The molecule has 1 N–H and O–H groups in total. The number of Topliss-reactive ketones (excluding diaryl/α,β-unsaturated/α-hetero) is 1. The van der Waals surface area contributed by atoms with Gasteiger partial charge in [-0.25, -0.2) is 4.79 Å². The molecule has 0 radical (unpaired) electrons. The van der Waals surface area contributed by atoms with Crippen LogP contribution < -0.4 is 4.90 Å². The minimum Gasteiger partial charge on any atom is -0.507 e. The molecule has 32 heavy (non-hydrogen) atoms. The molecule has 4 rings (SSSR count). The fourth-order valence-corrected chi connectivity index (χ4v) is 3.66. The molecule has 0 bridgehead atoms. The third kappa shape index (κ3) is 3.65. The Labute approximate surface area is 187 Å². The number of anilines is 1. The van der Waals surface area contributed by atoms with Crippen molar-refractivity contribution < 1.29 is 28.8 Å². The predicted octanol–water partition coefficient (Wildman–Crippen LogP) is 4.05. The largest absolute Gasteiger partial charge is 0.507 e. The van der Waals surface area contributed by atoms with Crippen LogP contribution >= 0.6 is 11.6 Å². The Kier molecular flexibility index (Phi) is 5.54. The summed E-state index contributed by atoms with van der Waals surface area (Å²) in [6.45, 7) is 1.65. The summed E-state index contributed by atoms with van der Waals surface area (Å²) in [7, 11) is 1.27. The predicted molar refractivity (Wildman–Crippen MR) is 115 cm³/mol. The number of esters is 1. The number of carbonyl (C=O) groups excluding carboxylic acids is 3. The average molecular weight is 453 g/mol. The van der Waals surface area contributed by atoms with Gasteiger partial charge in [0.2, 0.25) is 0 Å². The van der Waals surface area contributed by atoms with Crippen LogP contribution in [0, 0.1) is 6.92 Å². The lowest BCUT2D eigenvalue weighted by Crippen LogP contribution is -2.29. The Hall–Kier alpha value is -3.91. The number of halogens is 1. The van der Waals surface area contributed by atoms with Gasteiger partial charge in [0.1, 0.15) is 11.5 Å². The summed E-state index contributed by atoms with van der Waals surface area (Å²) >= 11 is 5.93. The minimum absolute atomic E-state index is 0.121. The van der Waals surface area contributed by atoms with Gasteiger partial charge >= 0.3 is 11.9 Å². The molecule has 0 aliphatic carbocycles. The maximum absolute atomic E-state index is 13.0. The lowest BCUT2D eigenvalue weighted by molar-refractivity contribution is -0.132. The first-order chi connectivity index (χ1) is 15.3. The van der Waals surface area contributed by atoms with Crippen LogP contribution in [0.3, 0.4) is 0 Å². The van der Waals surface area contributed by atoms with E-state index in [1.807, 2.05) is 0 Å². The van der Waals surface area contributed by atoms with Gasteiger partial charge in [-0.1, -0.05) is 28.9 Å². The molecule has 0 saturated carbocycles. The Morgan fingerprint density at radius 3 is 2.28 bits per heavy atom. The highest BCUT2D eigenvalue weighted by Gasteiger charge is 2.48. The number of amides is 1. The first kappa shape index (κ1) is 21.3. The number of ether oxygens (including phenoxy) is 1. The van der Waals surface area contributed by atoms with Gasteiger partial charge in [0.25, 0.3) is 5.78 Å². The van der Waals surface area contributed by atoms with Gasteiger partial charge < -0.3 is 14.4 Å². The maximum Gasteiger partial charge on any atom is 0.337 e. The quantitative estimate of drug-likeness (QED) is 0.275. The zero-order valence-corrected chi connectivity index (χ0v) is 17.8. The van der Waals surface area contributed by atoms with E-state index in [9.17, 15) is 19.5 Å². The minimum atomic E-state index is -0.998. The van der Waals surface area contributed by atoms with Crippen LogP contribution in [0.1, 0.15) is 33.3 Å². The van der Waals surface area contributed by atoms with Crippen LogP contribution in [0.2, 0.25) is 5.02 Å². The van der Waals surface area contributed by atoms with E-state index in [4.69, 9.17) is 20.9 Å². The molecular weight excluding hydrogens is 436 g/mol. The second-order valence-corrected chi connectivity index (χ2v) is 7.52. The fourth-order valence-electron chi connectivity index (χ4n) is 3.53. The molecule has 1 aliphatic heterocycles. The second kappa shape index (κ2) is 8.32. The smallest absolute Gasteiger partial charge is 0.337 e. The van der Waals surface area contributed by atoms with Crippen molar-refractivity contribution in [1.29, 1.82) is 0 Å². The van der Waals surface area contributed by atoms with E-state index in [0.717, 1.165) is 4.90 Å². The SMILES string of the molecule is COC(=O)c1ccc([C@@H]2C(=C(O)c3ccc(Cl)cc3)C(=O)C(=O)N2c2cc(C)on2)cc1. The summed E-state index contributed by atoms with van der Waals surface area (Å²) in [6.07, 6.45) is 0. The van der Waals surface area contributed by atoms with E-state index in [1.165, 1.54) is 25.3 Å². The topological polar surface area (TPSA) is 110 Å². The Balaban J connectivity index is 1.90. The molecule has 2 aromatic carbocycles. The zero-order valence-electron chi connectivity index (χ0n) is 17.0. The number of methoxy groups -OCH3 is 1. The molecule has 9 heteroatoms. The summed E-state index contributed by atoms with van der Waals surface area (Å²) in [5.74, 6) is -2.05. The number of rotatable bonds is 4. The van der Waals surface area contributed by atoms with Gasteiger partial charge in [-0.15, -0.1) is 0 Å². The number of ketones is 1. The van der Waals surface area contributed by atoms with Crippen LogP contribution in [-0.2, 0) is 14.3 Å². The lowest BCUT2D eigenvalue weighted by Gasteiger charge is -2.23. The van der Waals surface area contributed by atoms with E-state index >= 15 is 0 Å². The number of aliphatic hydroxyl groups is 1. The summed E-state index contributed by atoms with van der Waals surface area (Å²) in [5.41, 5.74) is 0.972. The Morgan fingerprint density at radius 2 is 1.72 bits per heavy atom. The first-order valence-corrected chi connectivity index (χ1v) is 9.88. The van der Waals surface area contributed by atoms with E-state index in [0.29, 0.717) is 27.5 Å². The number of aryl methyl sites for hydroxylation is 1. The van der Waals surface area contributed by atoms with Crippen molar-refractivity contribution in [3.05, 3.63) is 87.6 Å².